The van der Waals surface area contributed by atoms with Gasteiger partial charge in [0.05, 0.1) is 7.11 Å². The third kappa shape index (κ3) is 7.31. The van der Waals surface area contributed by atoms with Crippen molar-refractivity contribution in [1.82, 2.24) is 0 Å². The van der Waals surface area contributed by atoms with Crippen molar-refractivity contribution in [3.8, 4) is 5.75 Å². The van der Waals surface area contributed by atoms with Crippen LogP contribution in [0, 0.1) is 6.92 Å². The van der Waals surface area contributed by atoms with Crippen LogP contribution in [0.1, 0.15) is 57.2 Å². The van der Waals surface area contributed by atoms with Gasteiger partial charge in [0.25, 0.3) is 0 Å². The molecule has 2 rings (SSSR count). The van der Waals surface area contributed by atoms with E-state index in [2.05, 4.69) is 64.1 Å². The topological polar surface area (TPSA) is 9.23 Å². The van der Waals surface area contributed by atoms with E-state index in [0.717, 1.165) is 12.2 Å². The highest BCUT2D eigenvalue weighted by molar-refractivity contribution is 5.38. The molecule has 0 heterocycles. The maximum atomic E-state index is 5.26. The second-order valence-corrected chi connectivity index (χ2v) is 5.24. The summed E-state index contributed by atoms with van der Waals surface area (Å²) in [6.07, 6.45) is 1.14. The van der Waals surface area contributed by atoms with Gasteiger partial charge in [-0.05, 0) is 36.5 Å². The Labute approximate surface area is 137 Å². The summed E-state index contributed by atoms with van der Waals surface area (Å²) >= 11 is 0. The van der Waals surface area contributed by atoms with Crippen molar-refractivity contribution in [1.29, 1.82) is 0 Å². The normalized spacial score (nSPS) is 9.27. The Morgan fingerprint density at radius 3 is 1.95 bits per heavy atom. The Kier molecular flexibility index (Phi) is 10.9. The van der Waals surface area contributed by atoms with Crippen molar-refractivity contribution in [2.75, 3.05) is 7.11 Å². The monoisotopic (exact) mass is 300 g/mol. The molecule has 0 saturated carbocycles. The number of benzene rings is 2. The van der Waals surface area contributed by atoms with Crippen molar-refractivity contribution in [3.63, 3.8) is 0 Å². The van der Waals surface area contributed by atoms with Crippen LogP contribution in [0.3, 0.4) is 0 Å². The Morgan fingerprint density at radius 2 is 1.55 bits per heavy atom. The lowest BCUT2D eigenvalue weighted by molar-refractivity contribution is 0.407. The first-order valence-corrected chi connectivity index (χ1v) is 8.27. The summed E-state index contributed by atoms with van der Waals surface area (Å²) < 4.78 is 5.26. The maximum Gasteiger partial charge on any atom is 0.122 e. The molecular weight excluding hydrogens is 268 g/mol. The van der Waals surface area contributed by atoms with Gasteiger partial charge in [-0.15, -0.1) is 0 Å². The summed E-state index contributed by atoms with van der Waals surface area (Å²) in [5.41, 5.74) is 3.99. The standard InChI is InChI=1S/C11H16O.C8H10.C2H6/c1-8(2)10-7-9(3)5-6-11(10)12-4;1-2-8-6-4-3-5-7-8;1-2/h5-8H,1-4H3;3-7H,2H2,1H3;1-2H3. The number of rotatable bonds is 3. The Hall–Kier alpha value is -1.76. The van der Waals surface area contributed by atoms with E-state index >= 15 is 0 Å². The highest BCUT2D eigenvalue weighted by atomic mass is 16.5. The lowest BCUT2D eigenvalue weighted by Crippen LogP contribution is -1.94. The minimum absolute atomic E-state index is 0.528. The fourth-order valence-electron chi connectivity index (χ4n) is 2.02. The third-order valence-corrected chi connectivity index (χ3v) is 3.26. The maximum absolute atomic E-state index is 5.26. The second-order valence-electron chi connectivity index (χ2n) is 5.24. The molecule has 0 aromatic heterocycles. The highest BCUT2D eigenvalue weighted by Crippen LogP contribution is 2.26. The highest BCUT2D eigenvalue weighted by Gasteiger charge is 2.05. The van der Waals surface area contributed by atoms with E-state index in [1.807, 2.05) is 26.0 Å². The van der Waals surface area contributed by atoms with Gasteiger partial charge in [0, 0.05) is 0 Å². The molecule has 0 radical (unpaired) electrons. The predicted molar refractivity (Wildman–Crippen MR) is 99.0 cm³/mol. The van der Waals surface area contributed by atoms with Crippen molar-refractivity contribution in [3.05, 3.63) is 65.2 Å². The minimum Gasteiger partial charge on any atom is -0.496 e. The summed E-state index contributed by atoms with van der Waals surface area (Å²) in [4.78, 5) is 0. The molecule has 0 aliphatic rings. The van der Waals surface area contributed by atoms with Gasteiger partial charge < -0.3 is 4.74 Å². The van der Waals surface area contributed by atoms with Crippen LogP contribution < -0.4 is 4.74 Å². The molecule has 2 aromatic carbocycles. The van der Waals surface area contributed by atoms with Crippen molar-refractivity contribution in [2.24, 2.45) is 0 Å². The predicted octanol–water partition coefficient (Wildman–Crippen LogP) is 6.40. The van der Waals surface area contributed by atoms with Crippen LogP contribution in [-0.4, -0.2) is 7.11 Å². The summed E-state index contributed by atoms with van der Waals surface area (Å²) in [5.74, 6) is 1.52. The fourth-order valence-corrected chi connectivity index (χ4v) is 2.02. The van der Waals surface area contributed by atoms with Gasteiger partial charge in [-0.1, -0.05) is 82.6 Å². The van der Waals surface area contributed by atoms with Crippen LogP contribution in [0.15, 0.2) is 48.5 Å². The summed E-state index contributed by atoms with van der Waals surface area (Å²) in [7, 11) is 1.72. The van der Waals surface area contributed by atoms with Crippen molar-refractivity contribution < 1.29 is 4.74 Å². The van der Waals surface area contributed by atoms with Crippen LogP contribution in [0.5, 0.6) is 5.75 Å². The summed E-state index contributed by atoms with van der Waals surface area (Å²) in [6.45, 7) is 12.6. The van der Waals surface area contributed by atoms with E-state index in [4.69, 9.17) is 4.74 Å². The van der Waals surface area contributed by atoms with E-state index in [-0.39, 0.29) is 0 Å². The Morgan fingerprint density at radius 1 is 0.955 bits per heavy atom. The summed E-state index contributed by atoms with van der Waals surface area (Å²) in [5, 5.41) is 0. The average molecular weight is 300 g/mol. The van der Waals surface area contributed by atoms with Crippen LogP contribution in [0.4, 0.5) is 0 Å². The molecule has 0 amide bonds. The molecule has 0 bridgehead atoms. The van der Waals surface area contributed by atoms with Gasteiger partial charge in [0.1, 0.15) is 5.75 Å². The zero-order valence-corrected chi connectivity index (χ0v) is 15.3. The van der Waals surface area contributed by atoms with Gasteiger partial charge in [0.2, 0.25) is 0 Å². The van der Waals surface area contributed by atoms with Gasteiger partial charge in [-0.25, -0.2) is 0 Å². The number of ether oxygens (including phenoxy) is 1. The molecule has 122 valence electrons. The molecule has 0 aliphatic heterocycles. The first-order valence-electron chi connectivity index (χ1n) is 8.27. The quantitative estimate of drug-likeness (QED) is 0.637. The second kappa shape index (κ2) is 11.9. The molecule has 0 spiro atoms. The SMILES string of the molecule is CC.CCc1ccccc1.COc1ccc(C)cc1C(C)C. The van der Waals surface area contributed by atoms with Crippen LogP contribution in [-0.2, 0) is 6.42 Å². The van der Waals surface area contributed by atoms with Gasteiger partial charge in [-0.2, -0.15) is 0 Å². The lowest BCUT2D eigenvalue weighted by atomic mass is 10.0. The molecule has 0 aliphatic carbocycles. The molecule has 1 nitrogen and oxygen atoms in total. The van der Waals surface area contributed by atoms with E-state index in [9.17, 15) is 0 Å². The number of hydrogen-bond acceptors (Lipinski definition) is 1. The number of methoxy groups -OCH3 is 1. The smallest absolute Gasteiger partial charge is 0.122 e. The molecule has 0 saturated heterocycles. The van der Waals surface area contributed by atoms with Crippen LogP contribution >= 0.6 is 0 Å². The first-order chi connectivity index (χ1) is 10.6. The molecule has 0 unspecified atom stereocenters. The molecule has 22 heavy (non-hydrogen) atoms. The molecule has 0 atom stereocenters. The minimum atomic E-state index is 0.528. The number of hydrogen-bond donors (Lipinski definition) is 0. The lowest BCUT2D eigenvalue weighted by Gasteiger charge is -2.11. The third-order valence-electron chi connectivity index (χ3n) is 3.26. The van der Waals surface area contributed by atoms with Crippen molar-refractivity contribution in [2.45, 2.75) is 53.9 Å². The molecule has 0 fully saturated rings. The van der Waals surface area contributed by atoms with E-state index in [1.54, 1.807) is 7.11 Å². The van der Waals surface area contributed by atoms with Crippen molar-refractivity contribution >= 4 is 0 Å². The van der Waals surface area contributed by atoms with Crippen LogP contribution in [0.25, 0.3) is 0 Å². The number of aryl methyl sites for hydroxylation is 2. The zero-order chi connectivity index (χ0) is 17.0. The Bertz CT molecular complexity index is 501. The largest absolute Gasteiger partial charge is 0.496 e. The Balaban J connectivity index is 0.000000382. The van der Waals surface area contributed by atoms with E-state index in [0.29, 0.717) is 5.92 Å². The van der Waals surface area contributed by atoms with E-state index in [1.165, 1.54) is 16.7 Å². The average Bonchev–Trinajstić information content (AvgIpc) is 2.58. The van der Waals surface area contributed by atoms with Gasteiger partial charge in [-0.3, -0.25) is 0 Å². The molecule has 2 aromatic rings. The fraction of sp³-hybridized carbons (Fsp3) is 0.429. The summed E-state index contributed by atoms with van der Waals surface area (Å²) in [6, 6.07) is 16.7. The first kappa shape index (κ1) is 20.2. The molecule has 1 heteroatoms. The van der Waals surface area contributed by atoms with E-state index < -0.39 is 0 Å². The van der Waals surface area contributed by atoms with Crippen LogP contribution in [0.2, 0.25) is 0 Å². The molecule has 0 N–H and O–H groups in total. The zero-order valence-electron chi connectivity index (χ0n) is 15.3. The molecular formula is C21H32O. The van der Waals surface area contributed by atoms with Gasteiger partial charge >= 0.3 is 0 Å². The van der Waals surface area contributed by atoms with Gasteiger partial charge in [0.15, 0.2) is 0 Å².